The largest absolute Gasteiger partial charge is 0.387 e. The number of benzene rings is 2. The number of amides is 1. The number of halogens is 1. The predicted octanol–water partition coefficient (Wildman–Crippen LogP) is 3.35. The Morgan fingerprint density at radius 1 is 1.13 bits per heavy atom. The smallest absolute Gasteiger partial charge is 0.252 e. The van der Waals surface area contributed by atoms with Crippen molar-refractivity contribution in [2.24, 2.45) is 0 Å². The second kappa shape index (κ2) is 6.77. The summed E-state index contributed by atoms with van der Waals surface area (Å²) in [5.41, 5.74) is 2.01. The quantitative estimate of drug-likeness (QED) is 0.773. The number of aliphatic hydroxyl groups excluding tert-OH is 1. The zero-order valence-corrected chi connectivity index (χ0v) is 13.0. The van der Waals surface area contributed by atoms with Crippen LogP contribution in [0.2, 0.25) is 5.02 Å². The molecule has 4 nitrogen and oxygen atoms in total. The van der Waals surface area contributed by atoms with Crippen LogP contribution in [-0.2, 0) is 0 Å². The Kier molecular flexibility index (Phi) is 4.55. The molecule has 1 unspecified atom stereocenters. The summed E-state index contributed by atoms with van der Waals surface area (Å²) in [7, 11) is 0. The van der Waals surface area contributed by atoms with Gasteiger partial charge in [-0.15, -0.1) is 0 Å². The predicted molar refractivity (Wildman–Crippen MR) is 90.5 cm³/mol. The molecule has 0 aliphatic carbocycles. The number of aromatic nitrogens is 1. The average Bonchev–Trinajstić information content (AvgIpc) is 2.59. The van der Waals surface area contributed by atoms with E-state index in [0.29, 0.717) is 16.1 Å². The van der Waals surface area contributed by atoms with Crippen LogP contribution in [0.15, 0.2) is 60.8 Å². The van der Waals surface area contributed by atoms with E-state index in [-0.39, 0.29) is 12.5 Å². The molecule has 1 amide bonds. The summed E-state index contributed by atoms with van der Waals surface area (Å²) in [5.74, 6) is -0.239. The molecule has 1 aromatic heterocycles. The van der Waals surface area contributed by atoms with Crippen molar-refractivity contribution in [2.45, 2.75) is 6.10 Å². The Labute approximate surface area is 138 Å². The number of aliphatic hydroxyl groups is 1. The molecule has 3 rings (SSSR count). The summed E-state index contributed by atoms with van der Waals surface area (Å²) in [6.45, 7) is 0.122. The normalized spacial score (nSPS) is 12.1. The van der Waals surface area contributed by atoms with Crippen LogP contribution in [0.5, 0.6) is 0 Å². The molecule has 0 saturated carbocycles. The lowest BCUT2D eigenvalue weighted by molar-refractivity contribution is 0.0918. The van der Waals surface area contributed by atoms with Gasteiger partial charge < -0.3 is 10.4 Å². The molecule has 0 aliphatic rings. The molecule has 5 heteroatoms. The van der Waals surface area contributed by atoms with E-state index >= 15 is 0 Å². The first-order valence-electron chi connectivity index (χ1n) is 7.20. The molecule has 1 atom stereocenters. The van der Waals surface area contributed by atoms with Crippen molar-refractivity contribution in [3.8, 4) is 0 Å². The number of hydrogen-bond acceptors (Lipinski definition) is 3. The highest BCUT2D eigenvalue weighted by Crippen LogP contribution is 2.18. The van der Waals surface area contributed by atoms with Gasteiger partial charge in [-0.3, -0.25) is 9.78 Å². The van der Waals surface area contributed by atoms with Crippen LogP contribution in [0.1, 0.15) is 22.0 Å². The SMILES string of the molecule is O=C(NCC(O)c1ccc(Cl)cc1)c1ccnc2ccccc12. The Morgan fingerprint density at radius 2 is 1.87 bits per heavy atom. The summed E-state index contributed by atoms with van der Waals surface area (Å²) in [4.78, 5) is 16.6. The minimum atomic E-state index is -0.788. The molecule has 0 radical (unpaired) electrons. The fourth-order valence-corrected chi connectivity index (χ4v) is 2.51. The number of pyridine rings is 1. The van der Waals surface area contributed by atoms with Gasteiger partial charge in [-0.2, -0.15) is 0 Å². The summed E-state index contributed by atoms with van der Waals surface area (Å²) in [6, 6.07) is 16.0. The third-order valence-corrected chi connectivity index (χ3v) is 3.86. The number of carbonyl (C=O) groups is 1. The zero-order valence-electron chi connectivity index (χ0n) is 12.2. The number of fused-ring (bicyclic) bond motifs is 1. The van der Waals surface area contributed by atoms with Crippen molar-refractivity contribution < 1.29 is 9.90 Å². The summed E-state index contributed by atoms with van der Waals surface area (Å²) < 4.78 is 0. The first-order chi connectivity index (χ1) is 11.1. The van der Waals surface area contributed by atoms with Crippen LogP contribution in [-0.4, -0.2) is 22.5 Å². The maximum absolute atomic E-state index is 12.4. The van der Waals surface area contributed by atoms with Crippen molar-refractivity contribution in [3.05, 3.63) is 76.9 Å². The van der Waals surface area contributed by atoms with E-state index in [1.807, 2.05) is 24.3 Å². The Bertz CT molecular complexity index is 829. The van der Waals surface area contributed by atoms with Gasteiger partial charge in [0, 0.05) is 23.2 Å². The van der Waals surface area contributed by atoms with Crippen LogP contribution in [0.25, 0.3) is 10.9 Å². The molecule has 2 N–H and O–H groups in total. The highest BCUT2D eigenvalue weighted by atomic mass is 35.5. The van der Waals surface area contributed by atoms with Crippen molar-refractivity contribution in [2.75, 3.05) is 6.54 Å². The van der Waals surface area contributed by atoms with Gasteiger partial charge in [0.05, 0.1) is 17.2 Å². The number of carbonyl (C=O) groups excluding carboxylic acids is 1. The third-order valence-electron chi connectivity index (χ3n) is 3.60. The second-order valence-corrected chi connectivity index (χ2v) is 5.59. The summed E-state index contributed by atoms with van der Waals surface area (Å²) in [5, 5.41) is 14.3. The molecule has 116 valence electrons. The lowest BCUT2D eigenvalue weighted by atomic mass is 10.1. The Balaban J connectivity index is 1.72. The van der Waals surface area contributed by atoms with Gasteiger partial charge in [0.15, 0.2) is 0 Å². The fraction of sp³-hybridized carbons (Fsp3) is 0.111. The molecule has 3 aromatic rings. The Hall–Kier alpha value is -2.43. The van der Waals surface area contributed by atoms with E-state index < -0.39 is 6.10 Å². The van der Waals surface area contributed by atoms with Gasteiger partial charge in [-0.25, -0.2) is 0 Å². The van der Waals surface area contributed by atoms with Crippen molar-refractivity contribution in [1.82, 2.24) is 10.3 Å². The molecule has 23 heavy (non-hydrogen) atoms. The first kappa shape index (κ1) is 15.5. The highest BCUT2D eigenvalue weighted by Gasteiger charge is 2.13. The topological polar surface area (TPSA) is 62.2 Å². The van der Waals surface area contributed by atoms with E-state index in [9.17, 15) is 9.90 Å². The third kappa shape index (κ3) is 3.50. The van der Waals surface area contributed by atoms with Gasteiger partial charge >= 0.3 is 0 Å². The van der Waals surface area contributed by atoms with Crippen LogP contribution < -0.4 is 5.32 Å². The zero-order chi connectivity index (χ0) is 16.2. The van der Waals surface area contributed by atoms with Crippen LogP contribution in [0.3, 0.4) is 0 Å². The molecule has 1 heterocycles. The first-order valence-corrected chi connectivity index (χ1v) is 7.58. The lowest BCUT2D eigenvalue weighted by Crippen LogP contribution is -2.28. The molecule has 0 saturated heterocycles. The minimum Gasteiger partial charge on any atom is -0.387 e. The molecule has 0 bridgehead atoms. The molecular formula is C18H15ClN2O2. The van der Waals surface area contributed by atoms with Crippen LogP contribution >= 0.6 is 11.6 Å². The molecule has 0 spiro atoms. The fourth-order valence-electron chi connectivity index (χ4n) is 2.38. The number of rotatable bonds is 4. The highest BCUT2D eigenvalue weighted by molar-refractivity contribution is 6.30. The number of hydrogen-bond donors (Lipinski definition) is 2. The molecule has 0 fully saturated rings. The average molecular weight is 327 g/mol. The van der Waals surface area contributed by atoms with E-state index in [0.717, 1.165) is 10.9 Å². The summed E-state index contributed by atoms with van der Waals surface area (Å²) >= 11 is 5.82. The maximum atomic E-state index is 12.4. The van der Waals surface area contributed by atoms with Crippen LogP contribution in [0.4, 0.5) is 0 Å². The number of nitrogens with one attached hydrogen (secondary N) is 1. The van der Waals surface area contributed by atoms with Crippen molar-refractivity contribution in [3.63, 3.8) is 0 Å². The lowest BCUT2D eigenvalue weighted by Gasteiger charge is -2.13. The maximum Gasteiger partial charge on any atom is 0.252 e. The van der Waals surface area contributed by atoms with E-state index in [1.54, 1.807) is 36.5 Å². The summed E-state index contributed by atoms with van der Waals surface area (Å²) in [6.07, 6.45) is 0.816. The number of nitrogens with zero attached hydrogens (tertiary/aromatic N) is 1. The monoisotopic (exact) mass is 326 g/mol. The minimum absolute atomic E-state index is 0.122. The van der Waals surface area contributed by atoms with Crippen molar-refractivity contribution >= 4 is 28.4 Å². The molecular weight excluding hydrogens is 312 g/mol. The van der Waals surface area contributed by atoms with Crippen molar-refractivity contribution in [1.29, 1.82) is 0 Å². The standard InChI is InChI=1S/C18H15ClN2O2/c19-13-7-5-12(6-8-13)17(22)11-21-18(23)15-9-10-20-16-4-2-1-3-14(15)16/h1-10,17,22H,11H2,(H,21,23). The van der Waals surface area contributed by atoms with Crippen LogP contribution in [0, 0.1) is 0 Å². The van der Waals surface area contributed by atoms with E-state index in [1.165, 1.54) is 0 Å². The van der Waals surface area contributed by atoms with Gasteiger partial charge in [0.2, 0.25) is 0 Å². The van der Waals surface area contributed by atoms with Gasteiger partial charge in [-0.1, -0.05) is 41.9 Å². The van der Waals surface area contributed by atoms with E-state index in [4.69, 9.17) is 11.6 Å². The van der Waals surface area contributed by atoms with E-state index in [2.05, 4.69) is 10.3 Å². The Morgan fingerprint density at radius 3 is 2.65 bits per heavy atom. The molecule has 2 aromatic carbocycles. The van der Waals surface area contributed by atoms with Gasteiger partial charge in [0.1, 0.15) is 0 Å². The second-order valence-electron chi connectivity index (χ2n) is 5.15. The van der Waals surface area contributed by atoms with Gasteiger partial charge in [0.25, 0.3) is 5.91 Å². The van der Waals surface area contributed by atoms with Gasteiger partial charge in [-0.05, 0) is 29.8 Å². The number of para-hydroxylation sites is 1. The molecule has 0 aliphatic heterocycles.